The smallest absolute Gasteiger partial charge is 0.338 e. The average molecular weight is 305 g/mol. The summed E-state index contributed by atoms with van der Waals surface area (Å²) in [6.45, 7) is 3.16. The first kappa shape index (κ1) is 15.7. The predicted molar refractivity (Wildman–Crippen MR) is 78.0 cm³/mol. The number of benzene rings is 1. The molecule has 2 rings (SSSR count). The number of aromatic nitrogens is 2. The zero-order valence-corrected chi connectivity index (χ0v) is 12.5. The normalized spacial score (nSPS) is 10.4. The van der Waals surface area contributed by atoms with Gasteiger partial charge < -0.3 is 10.1 Å². The molecule has 1 amide bonds. The van der Waals surface area contributed by atoms with Gasteiger partial charge in [-0.15, -0.1) is 0 Å². The molecule has 0 fully saturated rings. The lowest BCUT2D eigenvalue weighted by Gasteiger charge is -2.07. The number of nitrogens with zero attached hydrogens (tertiary/aromatic N) is 2. The summed E-state index contributed by atoms with van der Waals surface area (Å²) in [4.78, 5) is 23.5. The molecule has 1 aromatic carbocycles. The molecule has 0 unspecified atom stereocenters. The predicted octanol–water partition coefficient (Wildman–Crippen LogP) is 1.97. The molecule has 22 heavy (non-hydrogen) atoms. The Labute approximate surface area is 126 Å². The van der Waals surface area contributed by atoms with Crippen molar-refractivity contribution in [1.82, 2.24) is 9.78 Å². The second-order valence-corrected chi connectivity index (χ2v) is 4.80. The lowest BCUT2D eigenvalue weighted by atomic mass is 10.2. The highest BCUT2D eigenvalue weighted by Crippen LogP contribution is 2.18. The molecule has 0 spiro atoms. The third-order valence-corrected chi connectivity index (χ3v) is 3.19. The van der Waals surface area contributed by atoms with Crippen molar-refractivity contribution in [2.75, 3.05) is 11.9 Å². The first-order valence-electron chi connectivity index (χ1n) is 6.61. The number of hydrogen-bond donors (Lipinski definition) is 1. The van der Waals surface area contributed by atoms with Crippen molar-refractivity contribution in [3.63, 3.8) is 0 Å². The first-order chi connectivity index (χ1) is 10.4. The van der Waals surface area contributed by atoms with E-state index in [1.807, 2.05) is 6.92 Å². The summed E-state index contributed by atoms with van der Waals surface area (Å²) in [5, 5.41) is 6.83. The zero-order valence-electron chi connectivity index (χ0n) is 12.5. The van der Waals surface area contributed by atoms with E-state index in [-0.39, 0.29) is 5.56 Å². The lowest BCUT2D eigenvalue weighted by Crippen LogP contribution is -2.21. The zero-order chi connectivity index (χ0) is 16.3. The van der Waals surface area contributed by atoms with Crippen LogP contribution in [-0.4, -0.2) is 28.3 Å². The first-order valence-corrected chi connectivity index (χ1v) is 6.61. The number of esters is 1. The Balaban J connectivity index is 1.92. The molecule has 0 bridgehead atoms. The summed E-state index contributed by atoms with van der Waals surface area (Å²) in [7, 11) is 1.77. The van der Waals surface area contributed by atoms with Crippen LogP contribution in [0.25, 0.3) is 0 Å². The van der Waals surface area contributed by atoms with Gasteiger partial charge in [0, 0.05) is 7.05 Å². The average Bonchev–Trinajstić information content (AvgIpc) is 2.72. The molecule has 1 aromatic heterocycles. The van der Waals surface area contributed by atoms with Crippen molar-refractivity contribution >= 4 is 17.6 Å². The maximum absolute atomic E-state index is 12.8. The van der Waals surface area contributed by atoms with Gasteiger partial charge >= 0.3 is 5.97 Å². The highest BCUT2D eigenvalue weighted by Gasteiger charge is 2.14. The number of carbonyl (C=O) groups excluding carboxylic acids is 2. The Morgan fingerprint density at radius 2 is 1.91 bits per heavy atom. The van der Waals surface area contributed by atoms with Crippen LogP contribution >= 0.6 is 0 Å². The molecular weight excluding hydrogens is 289 g/mol. The van der Waals surface area contributed by atoms with Crippen molar-refractivity contribution < 1.29 is 18.7 Å². The number of nitrogens with one attached hydrogen (secondary N) is 1. The molecule has 0 atom stereocenters. The minimum Gasteiger partial charge on any atom is -0.452 e. The summed E-state index contributed by atoms with van der Waals surface area (Å²) < 4.78 is 19.3. The van der Waals surface area contributed by atoms with Gasteiger partial charge in [0.2, 0.25) is 0 Å². The number of aryl methyl sites for hydroxylation is 2. The molecular formula is C15H16FN3O3. The van der Waals surface area contributed by atoms with Gasteiger partial charge in [0.25, 0.3) is 5.91 Å². The van der Waals surface area contributed by atoms with Gasteiger partial charge in [-0.2, -0.15) is 5.10 Å². The SMILES string of the molecule is Cc1nn(C)c(C)c1NC(=O)COC(=O)c1ccc(F)cc1. The van der Waals surface area contributed by atoms with Crippen LogP contribution in [0.5, 0.6) is 0 Å². The van der Waals surface area contributed by atoms with E-state index in [0.717, 1.165) is 17.8 Å². The van der Waals surface area contributed by atoms with Crippen molar-refractivity contribution in [2.24, 2.45) is 7.05 Å². The Bertz CT molecular complexity index is 708. The summed E-state index contributed by atoms with van der Waals surface area (Å²) in [6, 6.07) is 4.90. The van der Waals surface area contributed by atoms with Crippen LogP contribution < -0.4 is 5.32 Å². The second-order valence-electron chi connectivity index (χ2n) is 4.80. The van der Waals surface area contributed by atoms with E-state index >= 15 is 0 Å². The fraction of sp³-hybridized carbons (Fsp3) is 0.267. The van der Waals surface area contributed by atoms with Crippen LogP contribution in [0.1, 0.15) is 21.7 Å². The van der Waals surface area contributed by atoms with Crippen molar-refractivity contribution in [1.29, 1.82) is 0 Å². The quantitative estimate of drug-likeness (QED) is 0.877. The van der Waals surface area contributed by atoms with Gasteiger partial charge in [0.15, 0.2) is 6.61 Å². The summed E-state index contributed by atoms with van der Waals surface area (Å²) in [6.07, 6.45) is 0. The number of amides is 1. The number of halogens is 1. The van der Waals surface area contributed by atoms with Crippen molar-refractivity contribution in [2.45, 2.75) is 13.8 Å². The van der Waals surface area contributed by atoms with E-state index in [2.05, 4.69) is 10.4 Å². The van der Waals surface area contributed by atoms with E-state index in [0.29, 0.717) is 11.4 Å². The molecule has 0 aliphatic heterocycles. The largest absolute Gasteiger partial charge is 0.452 e. The van der Waals surface area contributed by atoms with Gasteiger partial charge in [0.1, 0.15) is 5.82 Å². The summed E-state index contributed by atoms with van der Waals surface area (Å²) >= 11 is 0. The van der Waals surface area contributed by atoms with Crippen LogP contribution in [0.3, 0.4) is 0 Å². The number of hydrogen-bond acceptors (Lipinski definition) is 4. The molecule has 116 valence electrons. The van der Waals surface area contributed by atoms with Crippen molar-refractivity contribution in [3.05, 3.63) is 47.0 Å². The molecule has 1 N–H and O–H groups in total. The summed E-state index contributed by atoms with van der Waals surface area (Å²) in [5.41, 5.74) is 2.27. The molecule has 0 aliphatic rings. The Morgan fingerprint density at radius 1 is 1.27 bits per heavy atom. The number of anilines is 1. The molecule has 2 aromatic rings. The number of carbonyl (C=O) groups is 2. The van der Waals surface area contributed by atoms with E-state index in [4.69, 9.17) is 4.74 Å². The number of ether oxygens (including phenoxy) is 1. The second kappa shape index (κ2) is 6.38. The van der Waals surface area contributed by atoms with E-state index in [1.54, 1.807) is 18.7 Å². The maximum Gasteiger partial charge on any atom is 0.338 e. The van der Waals surface area contributed by atoms with Crippen molar-refractivity contribution in [3.8, 4) is 0 Å². The minimum absolute atomic E-state index is 0.183. The Kier molecular flexibility index (Phi) is 4.55. The van der Waals surface area contributed by atoms with Crippen LogP contribution in [0.2, 0.25) is 0 Å². The standard InChI is InChI=1S/C15H16FN3O3/c1-9-14(10(2)19(3)18-9)17-13(20)8-22-15(21)11-4-6-12(16)7-5-11/h4-7H,8H2,1-3H3,(H,17,20). The molecule has 1 heterocycles. The fourth-order valence-electron chi connectivity index (χ4n) is 1.93. The minimum atomic E-state index is -0.685. The third kappa shape index (κ3) is 3.49. The van der Waals surface area contributed by atoms with Gasteiger partial charge in [-0.05, 0) is 38.1 Å². The van der Waals surface area contributed by atoms with Gasteiger partial charge in [-0.1, -0.05) is 0 Å². The van der Waals surface area contributed by atoms with Crippen LogP contribution in [0.15, 0.2) is 24.3 Å². The molecule has 7 heteroatoms. The fourth-order valence-corrected chi connectivity index (χ4v) is 1.93. The highest BCUT2D eigenvalue weighted by molar-refractivity contribution is 5.96. The topological polar surface area (TPSA) is 73.2 Å². The number of rotatable bonds is 4. The van der Waals surface area contributed by atoms with Crippen LogP contribution in [-0.2, 0) is 16.6 Å². The van der Waals surface area contributed by atoms with Gasteiger partial charge in [0.05, 0.1) is 22.6 Å². The Hall–Kier alpha value is -2.70. The summed E-state index contributed by atoms with van der Waals surface area (Å²) in [5.74, 6) is -1.60. The highest BCUT2D eigenvalue weighted by atomic mass is 19.1. The van der Waals surface area contributed by atoms with Crippen LogP contribution in [0, 0.1) is 19.7 Å². The third-order valence-electron chi connectivity index (χ3n) is 3.19. The maximum atomic E-state index is 12.8. The monoisotopic (exact) mass is 305 g/mol. The van der Waals surface area contributed by atoms with Crippen LogP contribution in [0.4, 0.5) is 10.1 Å². The molecule has 0 saturated heterocycles. The molecule has 0 aliphatic carbocycles. The van der Waals surface area contributed by atoms with Gasteiger partial charge in [-0.3, -0.25) is 9.48 Å². The lowest BCUT2D eigenvalue weighted by molar-refractivity contribution is -0.119. The molecule has 6 nitrogen and oxygen atoms in total. The van der Waals surface area contributed by atoms with E-state index in [9.17, 15) is 14.0 Å². The Morgan fingerprint density at radius 3 is 2.45 bits per heavy atom. The van der Waals surface area contributed by atoms with E-state index in [1.165, 1.54) is 12.1 Å². The molecule has 0 saturated carbocycles. The molecule has 0 radical (unpaired) electrons. The van der Waals surface area contributed by atoms with Gasteiger partial charge in [-0.25, -0.2) is 9.18 Å². The van der Waals surface area contributed by atoms with E-state index < -0.39 is 24.3 Å².